The van der Waals surface area contributed by atoms with Gasteiger partial charge in [-0.2, -0.15) is 0 Å². The van der Waals surface area contributed by atoms with E-state index in [9.17, 15) is 18.0 Å². The summed E-state index contributed by atoms with van der Waals surface area (Å²) in [5, 5.41) is 0.891. The number of aryl methyl sites for hydroxylation is 1. The lowest BCUT2D eigenvalue weighted by Crippen LogP contribution is -2.17. The van der Waals surface area contributed by atoms with E-state index >= 15 is 0 Å². The van der Waals surface area contributed by atoms with Gasteiger partial charge < -0.3 is 14.0 Å². The second kappa shape index (κ2) is 6.74. The van der Waals surface area contributed by atoms with Gasteiger partial charge in [-0.25, -0.2) is 4.79 Å². The van der Waals surface area contributed by atoms with Gasteiger partial charge in [-0.1, -0.05) is 12.1 Å². The van der Waals surface area contributed by atoms with Crippen LogP contribution in [0.2, 0.25) is 0 Å². The van der Waals surface area contributed by atoms with E-state index in [0.29, 0.717) is 12.0 Å². The standard InChI is InChI=1S/C19H16F3NO3/c1-23-15(9-12-3-6-16(7-4-12)26-19(20,21)22)11-14-10-13(18(24)25-2)5-8-17(14)23/h3-8,10-11H,9H2,1-2H3. The molecular formula is C19H16F3NO3. The van der Waals surface area contributed by atoms with Crippen LogP contribution in [0.5, 0.6) is 5.75 Å². The molecule has 0 amide bonds. The maximum absolute atomic E-state index is 12.2. The molecule has 3 rings (SSSR count). The first-order valence-corrected chi connectivity index (χ1v) is 7.78. The number of methoxy groups -OCH3 is 1. The summed E-state index contributed by atoms with van der Waals surface area (Å²) in [5.41, 5.74) is 3.22. The molecule has 4 nitrogen and oxygen atoms in total. The molecule has 136 valence electrons. The number of hydrogen-bond donors (Lipinski definition) is 0. The van der Waals surface area contributed by atoms with Crippen molar-refractivity contribution in [3.8, 4) is 5.75 Å². The SMILES string of the molecule is COC(=O)c1ccc2c(c1)cc(Cc1ccc(OC(F)(F)F)cc1)n2C. The zero-order valence-electron chi connectivity index (χ0n) is 14.1. The summed E-state index contributed by atoms with van der Waals surface area (Å²) in [6.45, 7) is 0. The molecule has 0 saturated heterocycles. The number of aromatic nitrogens is 1. The van der Waals surface area contributed by atoms with E-state index in [0.717, 1.165) is 22.2 Å². The summed E-state index contributed by atoms with van der Waals surface area (Å²) in [6, 6.07) is 13.0. The summed E-state index contributed by atoms with van der Waals surface area (Å²) in [6.07, 6.45) is -4.17. The lowest BCUT2D eigenvalue weighted by molar-refractivity contribution is -0.274. The van der Waals surface area contributed by atoms with Crippen LogP contribution in [0.3, 0.4) is 0 Å². The number of carbonyl (C=O) groups excluding carboxylic acids is 1. The smallest absolute Gasteiger partial charge is 0.465 e. The third-order valence-corrected chi connectivity index (χ3v) is 4.11. The number of alkyl halides is 3. The Labute approximate surface area is 147 Å². The molecule has 1 heterocycles. The molecule has 0 aliphatic rings. The summed E-state index contributed by atoms with van der Waals surface area (Å²) >= 11 is 0. The summed E-state index contributed by atoms with van der Waals surface area (Å²) in [4.78, 5) is 11.6. The molecule has 0 saturated carbocycles. The summed E-state index contributed by atoms with van der Waals surface area (Å²) < 4.78 is 47.2. The Hall–Kier alpha value is -2.96. The normalized spacial score (nSPS) is 11.6. The van der Waals surface area contributed by atoms with Crippen molar-refractivity contribution >= 4 is 16.9 Å². The number of nitrogens with zero attached hydrogens (tertiary/aromatic N) is 1. The van der Waals surface area contributed by atoms with Gasteiger partial charge in [0, 0.05) is 30.1 Å². The Morgan fingerprint density at radius 3 is 2.38 bits per heavy atom. The van der Waals surface area contributed by atoms with E-state index in [1.165, 1.54) is 19.2 Å². The minimum absolute atomic E-state index is 0.249. The molecule has 7 heteroatoms. The minimum atomic E-state index is -4.70. The van der Waals surface area contributed by atoms with Crippen molar-refractivity contribution < 1.29 is 27.4 Å². The maximum atomic E-state index is 12.2. The zero-order chi connectivity index (χ0) is 18.9. The molecular weight excluding hydrogens is 347 g/mol. The fraction of sp³-hybridized carbons (Fsp3) is 0.211. The molecule has 0 bridgehead atoms. The molecule has 1 aromatic heterocycles. The van der Waals surface area contributed by atoms with Crippen LogP contribution in [-0.2, 0) is 18.2 Å². The minimum Gasteiger partial charge on any atom is -0.465 e. The highest BCUT2D eigenvalue weighted by atomic mass is 19.4. The highest BCUT2D eigenvalue weighted by molar-refractivity contribution is 5.95. The number of esters is 1. The quantitative estimate of drug-likeness (QED) is 0.643. The number of hydrogen-bond acceptors (Lipinski definition) is 3. The lowest BCUT2D eigenvalue weighted by atomic mass is 10.1. The van der Waals surface area contributed by atoms with E-state index in [-0.39, 0.29) is 5.75 Å². The molecule has 0 unspecified atom stereocenters. The van der Waals surface area contributed by atoms with Crippen molar-refractivity contribution in [2.24, 2.45) is 7.05 Å². The Kier molecular flexibility index (Phi) is 4.63. The number of halogens is 3. The monoisotopic (exact) mass is 363 g/mol. The van der Waals surface area contributed by atoms with Crippen LogP contribution in [-0.4, -0.2) is 24.0 Å². The molecule has 0 radical (unpaired) electrons. The van der Waals surface area contributed by atoms with Crippen molar-refractivity contribution in [1.29, 1.82) is 0 Å². The van der Waals surface area contributed by atoms with E-state index in [1.807, 2.05) is 23.7 Å². The van der Waals surface area contributed by atoms with Crippen LogP contribution in [0.15, 0.2) is 48.5 Å². The van der Waals surface area contributed by atoms with Crippen molar-refractivity contribution in [2.45, 2.75) is 12.8 Å². The van der Waals surface area contributed by atoms with Gasteiger partial charge in [0.25, 0.3) is 0 Å². The van der Waals surface area contributed by atoms with Crippen molar-refractivity contribution in [3.05, 3.63) is 65.4 Å². The number of fused-ring (bicyclic) bond motifs is 1. The van der Waals surface area contributed by atoms with Gasteiger partial charge in [-0.15, -0.1) is 13.2 Å². The maximum Gasteiger partial charge on any atom is 0.573 e. The first kappa shape index (κ1) is 17.8. The van der Waals surface area contributed by atoms with E-state index in [2.05, 4.69) is 4.74 Å². The third-order valence-electron chi connectivity index (χ3n) is 4.11. The zero-order valence-corrected chi connectivity index (χ0v) is 14.1. The number of rotatable bonds is 4. The van der Waals surface area contributed by atoms with Crippen molar-refractivity contribution in [3.63, 3.8) is 0 Å². The van der Waals surface area contributed by atoms with Crippen LogP contribution in [0.25, 0.3) is 10.9 Å². The molecule has 0 aliphatic carbocycles. The second-order valence-corrected chi connectivity index (χ2v) is 5.83. The largest absolute Gasteiger partial charge is 0.573 e. The molecule has 0 atom stereocenters. The Morgan fingerprint density at radius 1 is 1.08 bits per heavy atom. The highest BCUT2D eigenvalue weighted by Crippen LogP contribution is 2.25. The van der Waals surface area contributed by atoms with E-state index in [1.54, 1.807) is 24.3 Å². The predicted molar refractivity (Wildman–Crippen MR) is 90.2 cm³/mol. The van der Waals surface area contributed by atoms with Gasteiger partial charge in [0.2, 0.25) is 0 Å². The molecule has 0 N–H and O–H groups in total. The van der Waals surface area contributed by atoms with E-state index < -0.39 is 12.3 Å². The van der Waals surface area contributed by atoms with Crippen LogP contribution < -0.4 is 4.74 Å². The van der Waals surface area contributed by atoms with Crippen LogP contribution in [0.1, 0.15) is 21.6 Å². The molecule has 0 aliphatic heterocycles. The number of carbonyl (C=O) groups is 1. The summed E-state index contributed by atoms with van der Waals surface area (Å²) in [5.74, 6) is -0.654. The van der Waals surface area contributed by atoms with Gasteiger partial charge in [0.15, 0.2) is 0 Å². The van der Waals surface area contributed by atoms with Gasteiger partial charge in [-0.3, -0.25) is 0 Å². The lowest BCUT2D eigenvalue weighted by Gasteiger charge is -2.09. The van der Waals surface area contributed by atoms with Gasteiger partial charge >= 0.3 is 12.3 Å². The first-order chi connectivity index (χ1) is 12.3. The van der Waals surface area contributed by atoms with Gasteiger partial charge in [0.1, 0.15) is 5.75 Å². The highest BCUT2D eigenvalue weighted by Gasteiger charge is 2.30. The molecule has 3 aromatic rings. The van der Waals surface area contributed by atoms with Crippen LogP contribution >= 0.6 is 0 Å². The predicted octanol–water partition coefficient (Wildman–Crippen LogP) is 4.45. The fourth-order valence-electron chi connectivity index (χ4n) is 2.84. The molecule has 0 fully saturated rings. The average molecular weight is 363 g/mol. The molecule has 26 heavy (non-hydrogen) atoms. The second-order valence-electron chi connectivity index (χ2n) is 5.83. The fourth-order valence-corrected chi connectivity index (χ4v) is 2.84. The topological polar surface area (TPSA) is 40.5 Å². The van der Waals surface area contributed by atoms with Crippen LogP contribution in [0.4, 0.5) is 13.2 Å². The summed E-state index contributed by atoms with van der Waals surface area (Å²) in [7, 11) is 3.23. The Bertz CT molecular complexity index is 943. The van der Waals surface area contributed by atoms with Crippen molar-refractivity contribution in [2.75, 3.05) is 7.11 Å². The Balaban J connectivity index is 1.84. The van der Waals surface area contributed by atoms with Gasteiger partial charge in [-0.05, 0) is 42.0 Å². The average Bonchev–Trinajstić information content (AvgIpc) is 2.90. The Morgan fingerprint density at radius 2 is 1.77 bits per heavy atom. The first-order valence-electron chi connectivity index (χ1n) is 7.78. The van der Waals surface area contributed by atoms with Gasteiger partial charge in [0.05, 0.1) is 12.7 Å². The molecule has 2 aromatic carbocycles. The molecule has 0 spiro atoms. The van der Waals surface area contributed by atoms with Crippen molar-refractivity contribution in [1.82, 2.24) is 4.57 Å². The third kappa shape index (κ3) is 3.82. The van der Waals surface area contributed by atoms with Crippen LogP contribution in [0, 0.1) is 0 Å². The number of ether oxygens (including phenoxy) is 2. The number of benzene rings is 2. The van der Waals surface area contributed by atoms with E-state index in [4.69, 9.17) is 4.74 Å².